The molecule has 0 radical (unpaired) electrons. The molecule has 2 aliphatic rings. The second-order valence-electron chi connectivity index (χ2n) is 6.11. The van der Waals surface area contributed by atoms with Gasteiger partial charge in [-0.2, -0.15) is 0 Å². The molecule has 1 heteroatoms. The van der Waals surface area contributed by atoms with Crippen LogP contribution < -0.4 is 5.32 Å². The highest BCUT2D eigenvalue weighted by molar-refractivity contribution is 4.84. The minimum absolute atomic E-state index is 0.637. The lowest BCUT2D eigenvalue weighted by Crippen LogP contribution is -2.36. The minimum atomic E-state index is 0.637. The van der Waals surface area contributed by atoms with Crippen LogP contribution in [0.25, 0.3) is 0 Å². The quantitative estimate of drug-likeness (QED) is 0.677. The molecule has 1 saturated carbocycles. The van der Waals surface area contributed by atoms with Crippen molar-refractivity contribution in [2.24, 2.45) is 17.3 Å². The minimum Gasteiger partial charge on any atom is -0.316 e. The molecule has 0 aromatic rings. The first-order valence-corrected chi connectivity index (χ1v) is 6.38. The van der Waals surface area contributed by atoms with Crippen molar-refractivity contribution in [3.05, 3.63) is 0 Å². The van der Waals surface area contributed by atoms with E-state index in [-0.39, 0.29) is 0 Å². The summed E-state index contributed by atoms with van der Waals surface area (Å²) in [6, 6.07) is 0. The summed E-state index contributed by atoms with van der Waals surface area (Å²) in [4.78, 5) is 0. The topological polar surface area (TPSA) is 12.0 Å². The highest BCUT2D eigenvalue weighted by Crippen LogP contribution is 2.41. The molecule has 0 amide bonds. The molecule has 1 N–H and O–H groups in total. The molecule has 1 heterocycles. The van der Waals surface area contributed by atoms with Gasteiger partial charge in [0.05, 0.1) is 0 Å². The van der Waals surface area contributed by atoms with E-state index in [1.54, 1.807) is 0 Å². The zero-order valence-electron chi connectivity index (χ0n) is 9.81. The van der Waals surface area contributed by atoms with Crippen LogP contribution in [0.3, 0.4) is 0 Å². The molecule has 14 heavy (non-hydrogen) atoms. The van der Waals surface area contributed by atoms with Crippen molar-refractivity contribution in [3.8, 4) is 0 Å². The van der Waals surface area contributed by atoms with Crippen LogP contribution >= 0.6 is 0 Å². The first-order chi connectivity index (χ1) is 6.67. The van der Waals surface area contributed by atoms with Gasteiger partial charge in [0, 0.05) is 0 Å². The fourth-order valence-electron chi connectivity index (χ4n) is 3.17. The van der Waals surface area contributed by atoms with E-state index in [0.29, 0.717) is 5.41 Å². The van der Waals surface area contributed by atoms with Gasteiger partial charge in [-0.25, -0.2) is 0 Å². The summed E-state index contributed by atoms with van der Waals surface area (Å²) in [5, 5.41) is 3.55. The number of hydrogen-bond acceptors (Lipinski definition) is 1. The van der Waals surface area contributed by atoms with Crippen LogP contribution in [-0.4, -0.2) is 13.1 Å². The summed E-state index contributed by atoms with van der Waals surface area (Å²) in [6.45, 7) is 7.42. The molecule has 0 aromatic carbocycles. The molecule has 2 fully saturated rings. The maximum Gasteiger partial charge on any atom is -0.00179 e. The lowest BCUT2D eigenvalue weighted by atomic mass is 9.68. The van der Waals surface area contributed by atoms with Crippen LogP contribution in [0.2, 0.25) is 0 Å². The third kappa shape index (κ3) is 2.50. The highest BCUT2D eigenvalue weighted by Gasteiger charge is 2.31. The summed E-state index contributed by atoms with van der Waals surface area (Å²) in [6.07, 6.45) is 8.77. The fourth-order valence-corrected chi connectivity index (χ4v) is 3.17. The highest BCUT2D eigenvalue weighted by atomic mass is 14.9. The Kier molecular flexibility index (Phi) is 3.16. The molecular formula is C13H25N. The summed E-state index contributed by atoms with van der Waals surface area (Å²) in [5.41, 5.74) is 0.637. The Bertz CT molecular complexity index is 170. The molecule has 1 saturated heterocycles. The zero-order valence-corrected chi connectivity index (χ0v) is 9.81. The smallest absolute Gasteiger partial charge is 0.00179 e. The third-order valence-corrected chi connectivity index (χ3v) is 4.39. The van der Waals surface area contributed by atoms with Gasteiger partial charge in [0.15, 0.2) is 0 Å². The van der Waals surface area contributed by atoms with Crippen LogP contribution in [0.1, 0.15) is 52.4 Å². The molecule has 1 atom stereocenters. The Morgan fingerprint density at radius 1 is 1.00 bits per heavy atom. The average molecular weight is 195 g/mol. The van der Waals surface area contributed by atoms with E-state index in [0.717, 1.165) is 11.8 Å². The van der Waals surface area contributed by atoms with Crippen LogP contribution in [0.5, 0.6) is 0 Å². The lowest BCUT2D eigenvalue weighted by molar-refractivity contribution is 0.133. The van der Waals surface area contributed by atoms with Gasteiger partial charge in [-0.3, -0.25) is 0 Å². The molecule has 0 spiro atoms. The Morgan fingerprint density at radius 3 is 2.29 bits per heavy atom. The molecule has 0 bridgehead atoms. The van der Waals surface area contributed by atoms with Gasteiger partial charge in [-0.1, -0.05) is 13.8 Å². The third-order valence-electron chi connectivity index (χ3n) is 4.39. The standard InChI is InChI=1S/C13H25N/c1-13(2)7-5-11(6-8-13)12-4-3-9-14-10-12/h11-12,14H,3-10H2,1-2H3. The van der Waals surface area contributed by atoms with Crippen LogP contribution in [0.4, 0.5) is 0 Å². The van der Waals surface area contributed by atoms with Crippen molar-refractivity contribution in [2.45, 2.75) is 52.4 Å². The Balaban J connectivity index is 1.82. The Labute approximate surface area is 88.7 Å². The van der Waals surface area contributed by atoms with Gasteiger partial charge in [0.1, 0.15) is 0 Å². The van der Waals surface area contributed by atoms with E-state index < -0.39 is 0 Å². The van der Waals surface area contributed by atoms with E-state index in [2.05, 4.69) is 19.2 Å². The Morgan fingerprint density at radius 2 is 1.71 bits per heavy atom. The van der Waals surface area contributed by atoms with E-state index in [9.17, 15) is 0 Å². The largest absolute Gasteiger partial charge is 0.316 e. The molecule has 1 unspecified atom stereocenters. The number of rotatable bonds is 1. The van der Waals surface area contributed by atoms with Gasteiger partial charge >= 0.3 is 0 Å². The molecular weight excluding hydrogens is 170 g/mol. The van der Waals surface area contributed by atoms with Crippen LogP contribution in [-0.2, 0) is 0 Å². The van der Waals surface area contributed by atoms with E-state index >= 15 is 0 Å². The first-order valence-electron chi connectivity index (χ1n) is 6.38. The predicted octanol–water partition coefficient (Wildman–Crippen LogP) is 3.20. The van der Waals surface area contributed by atoms with Gasteiger partial charge in [0.2, 0.25) is 0 Å². The molecule has 1 aliphatic heterocycles. The van der Waals surface area contributed by atoms with Gasteiger partial charge in [-0.15, -0.1) is 0 Å². The Hall–Kier alpha value is -0.0400. The maximum absolute atomic E-state index is 3.55. The second-order valence-corrected chi connectivity index (χ2v) is 6.11. The predicted molar refractivity (Wildman–Crippen MR) is 61.3 cm³/mol. The van der Waals surface area contributed by atoms with E-state index in [1.807, 2.05) is 0 Å². The van der Waals surface area contributed by atoms with Crippen molar-refractivity contribution < 1.29 is 0 Å². The summed E-state index contributed by atoms with van der Waals surface area (Å²) in [7, 11) is 0. The average Bonchev–Trinajstić information content (AvgIpc) is 2.19. The molecule has 2 rings (SSSR count). The van der Waals surface area contributed by atoms with Gasteiger partial charge in [0.25, 0.3) is 0 Å². The molecule has 82 valence electrons. The van der Waals surface area contributed by atoms with E-state index in [4.69, 9.17) is 0 Å². The molecule has 1 aliphatic carbocycles. The van der Waals surface area contributed by atoms with Crippen molar-refractivity contribution in [1.29, 1.82) is 0 Å². The van der Waals surface area contributed by atoms with Crippen molar-refractivity contribution >= 4 is 0 Å². The van der Waals surface area contributed by atoms with Gasteiger partial charge in [-0.05, 0) is 68.9 Å². The van der Waals surface area contributed by atoms with Crippen molar-refractivity contribution in [2.75, 3.05) is 13.1 Å². The number of nitrogens with one attached hydrogen (secondary N) is 1. The van der Waals surface area contributed by atoms with Gasteiger partial charge < -0.3 is 5.32 Å². The van der Waals surface area contributed by atoms with E-state index in [1.165, 1.54) is 51.6 Å². The summed E-state index contributed by atoms with van der Waals surface area (Å²) >= 11 is 0. The number of piperidine rings is 1. The normalized spacial score (nSPS) is 34.3. The number of hydrogen-bond donors (Lipinski definition) is 1. The van der Waals surface area contributed by atoms with Crippen LogP contribution in [0.15, 0.2) is 0 Å². The SMILES string of the molecule is CC1(C)CCC(C2CCCNC2)CC1. The molecule has 0 aromatic heterocycles. The fraction of sp³-hybridized carbons (Fsp3) is 1.00. The van der Waals surface area contributed by atoms with Crippen molar-refractivity contribution in [3.63, 3.8) is 0 Å². The zero-order chi connectivity index (χ0) is 10.0. The van der Waals surface area contributed by atoms with Crippen molar-refractivity contribution in [1.82, 2.24) is 5.32 Å². The van der Waals surface area contributed by atoms with Crippen LogP contribution in [0, 0.1) is 17.3 Å². The lowest BCUT2D eigenvalue weighted by Gasteiger charge is -2.39. The summed E-state index contributed by atoms with van der Waals surface area (Å²) < 4.78 is 0. The maximum atomic E-state index is 3.55. The second kappa shape index (κ2) is 4.22. The first kappa shape index (κ1) is 10.5. The summed E-state index contributed by atoms with van der Waals surface area (Å²) in [5.74, 6) is 2.04. The molecule has 1 nitrogen and oxygen atoms in total. The monoisotopic (exact) mass is 195 g/mol.